The molecule has 0 aromatic heterocycles. The van der Waals surface area contributed by atoms with Crippen molar-refractivity contribution < 1.29 is 9.53 Å². The summed E-state index contributed by atoms with van der Waals surface area (Å²) >= 11 is 11.7. The van der Waals surface area contributed by atoms with E-state index in [9.17, 15) is 4.79 Å². The molecule has 0 heterocycles. The molecular weight excluding hydrogens is 285 g/mol. The number of halogens is 2. The fourth-order valence-electron chi connectivity index (χ4n) is 1.44. The van der Waals surface area contributed by atoms with Gasteiger partial charge in [-0.2, -0.15) is 0 Å². The van der Waals surface area contributed by atoms with Crippen molar-refractivity contribution in [3.63, 3.8) is 0 Å². The molecule has 0 bridgehead atoms. The first-order valence-corrected chi connectivity index (χ1v) is 6.80. The first kappa shape index (κ1) is 15.9. The first-order chi connectivity index (χ1) is 9.02. The molecule has 0 aliphatic carbocycles. The Morgan fingerprint density at radius 1 is 1.37 bits per heavy atom. The van der Waals surface area contributed by atoms with Crippen LogP contribution in [0.2, 0.25) is 10.0 Å². The predicted octanol–water partition coefficient (Wildman–Crippen LogP) is 3.84. The van der Waals surface area contributed by atoms with Gasteiger partial charge in [-0.05, 0) is 38.5 Å². The third-order valence-electron chi connectivity index (χ3n) is 2.36. The minimum Gasteiger partial charge on any atom is -0.481 e. The Hall–Kier alpha value is -1.19. The fraction of sp³-hybridized carbons (Fsp3) is 0.357. The lowest BCUT2D eigenvalue weighted by Gasteiger charge is -2.14. The van der Waals surface area contributed by atoms with Crippen LogP contribution < -0.4 is 10.1 Å². The van der Waals surface area contributed by atoms with Crippen molar-refractivity contribution in [2.24, 2.45) is 0 Å². The molecule has 1 aromatic carbocycles. The van der Waals surface area contributed by atoms with Crippen LogP contribution in [0.3, 0.4) is 0 Å². The minimum absolute atomic E-state index is 0.166. The number of carbonyl (C=O) groups excluding carboxylic acids is 1. The Bertz CT molecular complexity index is 441. The maximum atomic E-state index is 11.8. The second kappa shape index (κ2) is 8.08. The molecule has 0 saturated carbocycles. The second-order valence-corrected chi connectivity index (χ2v) is 4.89. The maximum Gasteiger partial charge on any atom is 0.260 e. The van der Waals surface area contributed by atoms with Crippen LogP contribution in [0.1, 0.15) is 20.3 Å². The van der Waals surface area contributed by atoms with Gasteiger partial charge in [0.2, 0.25) is 0 Å². The molecule has 1 amide bonds. The van der Waals surface area contributed by atoms with Gasteiger partial charge in [0.1, 0.15) is 5.75 Å². The summed E-state index contributed by atoms with van der Waals surface area (Å²) in [6.45, 7) is 4.21. The van der Waals surface area contributed by atoms with Crippen molar-refractivity contribution in [3.8, 4) is 5.75 Å². The van der Waals surface area contributed by atoms with Gasteiger partial charge < -0.3 is 10.1 Å². The lowest BCUT2D eigenvalue weighted by Crippen LogP contribution is -2.36. The molecule has 0 spiro atoms. The summed E-state index contributed by atoms with van der Waals surface area (Å²) in [5, 5.41) is 3.74. The van der Waals surface area contributed by atoms with E-state index in [1.165, 1.54) is 0 Å². The second-order valence-electron chi connectivity index (χ2n) is 4.01. The summed E-state index contributed by atoms with van der Waals surface area (Å²) in [5.74, 6) is 0.314. The highest BCUT2D eigenvalue weighted by molar-refractivity contribution is 6.34. The Labute approximate surface area is 123 Å². The van der Waals surface area contributed by atoms with E-state index in [2.05, 4.69) is 5.32 Å². The summed E-state index contributed by atoms with van der Waals surface area (Å²) in [7, 11) is 0. The van der Waals surface area contributed by atoms with Crippen LogP contribution in [0.4, 0.5) is 0 Å². The highest BCUT2D eigenvalue weighted by Gasteiger charge is 2.14. The Kier molecular flexibility index (Phi) is 6.74. The topological polar surface area (TPSA) is 38.3 Å². The molecule has 1 aromatic rings. The van der Waals surface area contributed by atoms with Gasteiger partial charge in [0.15, 0.2) is 6.10 Å². The molecule has 0 aliphatic heterocycles. The number of hydrogen-bond acceptors (Lipinski definition) is 2. The fourth-order valence-corrected chi connectivity index (χ4v) is 1.95. The van der Waals surface area contributed by atoms with Crippen LogP contribution in [-0.4, -0.2) is 18.6 Å². The van der Waals surface area contributed by atoms with E-state index in [-0.39, 0.29) is 5.91 Å². The maximum absolute atomic E-state index is 11.8. The van der Waals surface area contributed by atoms with Gasteiger partial charge in [-0.15, -0.1) is 0 Å². The molecule has 3 nitrogen and oxygen atoms in total. The molecule has 0 saturated heterocycles. The highest BCUT2D eigenvalue weighted by Crippen LogP contribution is 2.24. The molecule has 104 valence electrons. The lowest BCUT2D eigenvalue weighted by atomic mass is 10.3. The van der Waals surface area contributed by atoms with Gasteiger partial charge in [0, 0.05) is 16.6 Å². The molecule has 1 unspecified atom stereocenters. The van der Waals surface area contributed by atoms with Crippen LogP contribution in [0.25, 0.3) is 0 Å². The first-order valence-electron chi connectivity index (χ1n) is 6.04. The summed E-state index contributed by atoms with van der Waals surface area (Å²) in [4.78, 5) is 11.8. The smallest absolute Gasteiger partial charge is 0.260 e. The third kappa shape index (κ3) is 5.99. The summed E-state index contributed by atoms with van der Waals surface area (Å²) in [5.41, 5.74) is 0. The average Bonchev–Trinajstić information content (AvgIpc) is 2.33. The zero-order valence-electron chi connectivity index (χ0n) is 11.0. The molecule has 19 heavy (non-hydrogen) atoms. The van der Waals surface area contributed by atoms with E-state index in [4.69, 9.17) is 27.9 Å². The Morgan fingerprint density at radius 3 is 2.58 bits per heavy atom. The predicted molar refractivity (Wildman–Crippen MR) is 79.0 cm³/mol. The molecule has 0 radical (unpaired) electrons. The van der Waals surface area contributed by atoms with Crippen molar-refractivity contribution in [2.75, 3.05) is 6.54 Å². The molecule has 1 atom stereocenters. The van der Waals surface area contributed by atoms with Gasteiger partial charge in [0.25, 0.3) is 5.91 Å². The van der Waals surface area contributed by atoms with Crippen LogP contribution in [-0.2, 0) is 4.79 Å². The van der Waals surface area contributed by atoms with Gasteiger partial charge in [-0.25, -0.2) is 0 Å². The lowest BCUT2D eigenvalue weighted by molar-refractivity contribution is -0.127. The van der Waals surface area contributed by atoms with Gasteiger partial charge in [-0.3, -0.25) is 4.79 Å². The normalized spacial score (nSPS) is 12.4. The zero-order chi connectivity index (χ0) is 14.3. The quantitative estimate of drug-likeness (QED) is 0.640. The zero-order valence-corrected chi connectivity index (χ0v) is 12.5. The SMILES string of the molecule is C/C=C/CCNC(=O)C(C)Oc1cc(Cl)cc(Cl)c1. The molecular formula is C14H17Cl2NO2. The van der Waals surface area contributed by atoms with E-state index in [1.54, 1.807) is 25.1 Å². The number of nitrogens with one attached hydrogen (secondary N) is 1. The number of carbonyl (C=O) groups is 1. The van der Waals surface area contributed by atoms with E-state index < -0.39 is 6.10 Å². The monoisotopic (exact) mass is 301 g/mol. The average molecular weight is 302 g/mol. The Balaban J connectivity index is 2.49. The number of hydrogen-bond donors (Lipinski definition) is 1. The van der Waals surface area contributed by atoms with Crippen LogP contribution in [0.5, 0.6) is 5.75 Å². The van der Waals surface area contributed by atoms with Gasteiger partial charge >= 0.3 is 0 Å². The van der Waals surface area contributed by atoms with Crippen LogP contribution in [0, 0.1) is 0 Å². The van der Waals surface area contributed by atoms with Crippen LogP contribution >= 0.6 is 23.2 Å². The van der Waals surface area contributed by atoms with Crippen molar-refractivity contribution in [2.45, 2.75) is 26.4 Å². The van der Waals surface area contributed by atoms with E-state index in [1.807, 2.05) is 19.1 Å². The van der Waals surface area contributed by atoms with Crippen molar-refractivity contribution in [1.29, 1.82) is 0 Å². The summed E-state index contributed by atoms with van der Waals surface area (Å²) < 4.78 is 5.50. The number of amides is 1. The third-order valence-corrected chi connectivity index (χ3v) is 2.80. The summed E-state index contributed by atoms with van der Waals surface area (Å²) in [6.07, 6.45) is 4.14. The van der Waals surface area contributed by atoms with Gasteiger partial charge in [0.05, 0.1) is 0 Å². The van der Waals surface area contributed by atoms with Crippen LogP contribution in [0.15, 0.2) is 30.4 Å². The van der Waals surface area contributed by atoms with Gasteiger partial charge in [-0.1, -0.05) is 35.4 Å². The number of rotatable bonds is 6. The molecule has 1 N–H and O–H groups in total. The van der Waals surface area contributed by atoms with Crippen molar-refractivity contribution >= 4 is 29.1 Å². The van der Waals surface area contributed by atoms with E-state index >= 15 is 0 Å². The molecule has 0 fully saturated rings. The number of allylic oxidation sites excluding steroid dienone is 1. The number of benzene rings is 1. The van der Waals surface area contributed by atoms with E-state index in [0.29, 0.717) is 22.3 Å². The summed E-state index contributed by atoms with van der Waals surface area (Å²) in [6, 6.07) is 4.85. The Morgan fingerprint density at radius 2 is 2.00 bits per heavy atom. The van der Waals surface area contributed by atoms with Crippen molar-refractivity contribution in [1.82, 2.24) is 5.32 Å². The standard InChI is InChI=1S/C14H17Cl2NO2/c1-3-4-5-6-17-14(18)10(2)19-13-8-11(15)7-12(16)9-13/h3-4,7-10H,5-6H2,1-2H3,(H,17,18)/b4-3+. The van der Waals surface area contributed by atoms with E-state index in [0.717, 1.165) is 6.42 Å². The largest absolute Gasteiger partial charge is 0.481 e. The molecule has 1 rings (SSSR count). The minimum atomic E-state index is -0.597. The molecule has 0 aliphatic rings. The van der Waals surface area contributed by atoms with Crippen molar-refractivity contribution in [3.05, 3.63) is 40.4 Å². The number of ether oxygens (including phenoxy) is 1. The highest BCUT2D eigenvalue weighted by atomic mass is 35.5. The molecule has 5 heteroatoms.